The van der Waals surface area contributed by atoms with Crippen molar-refractivity contribution in [3.8, 4) is 5.75 Å². The van der Waals surface area contributed by atoms with Crippen LogP contribution in [0, 0.1) is 0 Å². The van der Waals surface area contributed by atoms with Crippen molar-refractivity contribution in [2.75, 3.05) is 25.1 Å². The maximum atomic E-state index is 12.8. The predicted octanol–water partition coefficient (Wildman–Crippen LogP) is 3.77. The van der Waals surface area contributed by atoms with Gasteiger partial charge in [0, 0.05) is 17.3 Å². The summed E-state index contributed by atoms with van der Waals surface area (Å²) < 4.78 is 11.0. The summed E-state index contributed by atoms with van der Waals surface area (Å²) in [7, 11) is 0. The van der Waals surface area contributed by atoms with Crippen molar-refractivity contribution in [3.05, 3.63) is 58.1 Å². The Bertz CT molecular complexity index is 1020. The number of rotatable bonds is 6. The smallest absolute Gasteiger partial charge is 0.261 e. The molecule has 8 heteroatoms. The molecule has 1 fully saturated rings. The molecule has 3 amide bonds. The van der Waals surface area contributed by atoms with E-state index in [1.807, 2.05) is 6.92 Å². The lowest BCUT2D eigenvalue weighted by Gasteiger charge is -2.17. The van der Waals surface area contributed by atoms with E-state index >= 15 is 0 Å². The Kier molecular flexibility index (Phi) is 5.74. The average Bonchev–Trinajstić information content (AvgIpc) is 3.31. The largest absolute Gasteiger partial charge is 0.493 e. The molecule has 0 bridgehead atoms. The van der Waals surface area contributed by atoms with Crippen LogP contribution in [0.3, 0.4) is 0 Å². The van der Waals surface area contributed by atoms with Gasteiger partial charge in [-0.15, -0.1) is 0 Å². The lowest BCUT2D eigenvalue weighted by molar-refractivity contribution is 0.0475. The zero-order chi connectivity index (χ0) is 21.3. The monoisotopic (exact) mass is 428 g/mol. The van der Waals surface area contributed by atoms with Crippen LogP contribution in [0.5, 0.6) is 5.75 Å². The van der Waals surface area contributed by atoms with Gasteiger partial charge in [0.05, 0.1) is 35.9 Å². The van der Waals surface area contributed by atoms with Crippen LogP contribution in [0.1, 0.15) is 50.8 Å². The molecule has 1 atom stereocenters. The Morgan fingerprint density at radius 2 is 2.00 bits per heavy atom. The van der Waals surface area contributed by atoms with Crippen molar-refractivity contribution in [2.45, 2.75) is 25.9 Å². The minimum atomic E-state index is -0.400. The Morgan fingerprint density at radius 3 is 2.73 bits per heavy atom. The lowest BCUT2D eigenvalue weighted by atomic mass is 10.1. The molecule has 1 N–H and O–H groups in total. The maximum Gasteiger partial charge on any atom is 0.261 e. The number of nitrogens with zero attached hydrogens (tertiary/aromatic N) is 1. The fourth-order valence-electron chi connectivity index (χ4n) is 3.68. The highest BCUT2D eigenvalue weighted by Gasteiger charge is 2.37. The number of carbonyl (C=O) groups is 3. The van der Waals surface area contributed by atoms with Gasteiger partial charge >= 0.3 is 0 Å². The Hall–Kier alpha value is -2.90. The zero-order valence-corrected chi connectivity index (χ0v) is 17.2. The second-order valence-electron chi connectivity index (χ2n) is 7.14. The summed E-state index contributed by atoms with van der Waals surface area (Å²) in [5, 5.41) is 3.22. The molecule has 0 aliphatic carbocycles. The summed E-state index contributed by atoms with van der Waals surface area (Å²) >= 11 is 5.99. The van der Waals surface area contributed by atoms with Crippen molar-refractivity contribution in [1.29, 1.82) is 0 Å². The van der Waals surface area contributed by atoms with E-state index in [4.69, 9.17) is 21.1 Å². The van der Waals surface area contributed by atoms with Crippen LogP contribution < -0.4 is 10.1 Å². The third kappa shape index (κ3) is 3.91. The average molecular weight is 429 g/mol. The van der Waals surface area contributed by atoms with Gasteiger partial charge in [-0.25, -0.2) is 0 Å². The molecule has 0 saturated carbocycles. The first kappa shape index (κ1) is 20.4. The summed E-state index contributed by atoms with van der Waals surface area (Å²) in [6.07, 6.45) is 1.64. The number of benzene rings is 2. The summed E-state index contributed by atoms with van der Waals surface area (Å²) in [6.45, 7) is 3.10. The number of halogens is 1. The van der Waals surface area contributed by atoms with Gasteiger partial charge in [0.1, 0.15) is 5.75 Å². The lowest BCUT2D eigenvalue weighted by Crippen LogP contribution is -2.36. The van der Waals surface area contributed by atoms with E-state index in [0.717, 1.165) is 12.8 Å². The van der Waals surface area contributed by atoms with Gasteiger partial charge in [-0.2, -0.15) is 0 Å². The van der Waals surface area contributed by atoms with E-state index in [1.165, 1.54) is 11.0 Å². The Morgan fingerprint density at radius 1 is 1.20 bits per heavy atom. The van der Waals surface area contributed by atoms with Crippen LogP contribution in [0.2, 0.25) is 5.02 Å². The Labute approximate surface area is 178 Å². The summed E-state index contributed by atoms with van der Waals surface area (Å²) in [6, 6.07) is 9.45. The van der Waals surface area contributed by atoms with Crippen molar-refractivity contribution in [1.82, 2.24) is 4.90 Å². The number of imide groups is 1. The molecular formula is C22H21ClN2O5. The van der Waals surface area contributed by atoms with E-state index in [-0.39, 0.29) is 30.0 Å². The first-order chi connectivity index (χ1) is 14.5. The third-order valence-corrected chi connectivity index (χ3v) is 5.36. The molecular weight excluding hydrogens is 408 g/mol. The molecule has 30 heavy (non-hydrogen) atoms. The molecule has 0 spiro atoms. The number of amides is 3. The van der Waals surface area contributed by atoms with Crippen molar-refractivity contribution >= 4 is 35.0 Å². The van der Waals surface area contributed by atoms with Crippen LogP contribution in [0.4, 0.5) is 5.69 Å². The van der Waals surface area contributed by atoms with Gasteiger partial charge in [0.15, 0.2) is 0 Å². The van der Waals surface area contributed by atoms with Crippen molar-refractivity contribution < 1.29 is 23.9 Å². The van der Waals surface area contributed by atoms with Crippen LogP contribution >= 0.6 is 11.6 Å². The molecule has 2 heterocycles. The first-order valence-electron chi connectivity index (χ1n) is 9.83. The highest BCUT2D eigenvalue weighted by molar-refractivity contribution is 6.31. The van der Waals surface area contributed by atoms with Gasteiger partial charge < -0.3 is 14.8 Å². The van der Waals surface area contributed by atoms with Gasteiger partial charge in [-0.05, 0) is 56.2 Å². The maximum absolute atomic E-state index is 12.8. The minimum absolute atomic E-state index is 0.117. The molecule has 2 aliphatic heterocycles. The highest BCUT2D eigenvalue weighted by Crippen LogP contribution is 2.29. The molecule has 0 radical (unpaired) electrons. The van der Waals surface area contributed by atoms with E-state index < -0.39 is 5.91 Å². The van der Waals surface area contributed by atoms with Gasteiger partial charge in [0.25, 0.3) is 17.7 Å². The molecule has 7 nitrogen and oxygen atoms in total. The number of hydrogen-bond acceptors (Lipinski definition) is 5. The second-order valence-corrected chi connectivity index (χ2v) is 7.58. The summed E-state index contributed by atoms with van der Waals surface area (Å²) in [5.41, 5.74) is 1.34. The van der Waals surface area contributed by atoms with E-state index in [9.17, 15) is 14.4 Å². The van der Waals surface area contributed by atoms with Crippen LogP contribution in [0.15, 0.2) is 36.4 Å². The first-order valence-corrected chi connectivity index (χ1v) is 10.2. The normalized spacial score (nSPS) is 17.9. The van der Waals surface area contributed by atoms with Gasteiger partial charge in [-0.1, -0.05) is 11.6 Å². The molecule has 0 aromatic heterocycles. The third-order valence-electron chi connectivity index (χ3n) is 5.13. The number of carbonyl (C=O) groups excluding carboxylic acids is 3. The zero-order valence-electron chi connectivity index (χ0n) is 16.4. The van der Waals surface area contributed by atoms with Crippen molar-refractivity contribution in [3.63, 3.8) is 0 Å². The molecule has 156 valence electrons. The number of anilines is 1. The second kappa shape index (κ2) is 8.45. The fraction of sp³-hybridized carbons (Fsp3) is 0.318. The van der Waals surface area contributed by atoms with Crippen LogP contribution in [-0.2, 0) is 4.74 Å². The van der Waals surface area contributed by atoms with Gasteiger partial charge in [0.2, 0.25) is 0 Å². The van der Waals surface area contributed by atoms with Crippen molar-refractivity contribution in [2.24, 2.45) is 0 Å². The summed E-state index contributed by atoms with van der Waals surface area (Å²) in [4.78, 5) is 39.4. The number of hydrogen-bond donors (Lipinski definition) is 1. The molecule has 2 aliphatic rings. The van der Waals surface area contributed by atoms with E-state index in [2.05, 4.69) is 5.32 Å². The van der Waals surface area contributed by atoms with Gasteiger partial charge in [-0.3, -0.25) is 19.3 Å². The fourth-order valence-corrected chi connectivity index (χ4v) is 3.85. The molecule has 2 aromatic carbocycles. The summed E-state index contributed by atoms with van der Waals surface area (Å²) in [5.74, 6) is -0.733. The van der Waals surface area contributed by atoms with E-state index in [1.54, 1.807) is 30.3 Å². The molecule has 1 unspecified atom stereocenters. The minimum Gasteiger partial charge on any atom is -0.493 e. The van der Waals surface area contributed by atoms with E-state index in [0.29, 0.717) is 40.8 Å². The van der Waals surface area contributed by atoms with Crippen LogP contribution in [-0.4, -0.2) is 48.5 Å². The quantitative estimate of drug-likeness (QED) is 0.708. The molecule has 4 rings (SSSR count). The number of nitrogens with one attached hydrogen (secondary N) is 1. The topological polar surface area (TPSA) is 84.9 Å². The Balaban J connectivity index is 1.53. The predicted molar refractivity (Wildman–Crippen MR) is 111 cm³/mol. The number of ether oxygens (including phenoxy) is 2. The SMILES string of the molecule is CCOc1cc(Cl)ccc1C(=O)Nc1ccc2c(c1)C(=O)N(CC1CCCO1)C2=O. The highest BCUT2D eigenvalue weighted by atomic mass is 35.5. The molecule has 2 aromatic rings. The molecule has 1 saturated heterocycles. The van der Waals surface area contributed by atoms with Crippen LogP contribution in [0.25, 0.3) is 0 Å². The number of fused-ring (bicyclic) bond motifs is 1. The standard InChI is InChI=1S/C22H21ClN2O5/c1-2-29-19-10-13(23)5-7-17(19)20(26)24-14-6-8-16-18(11-14)22(28)25(21(16)27)12-15-4-3-9-30-15/h5-8,10-11,15H,2-4,9,12H2,1H3,(H,24,26).